The van der Waals surface area contributed by atoms with Gasteiger partial charge in [-0.2, -0.15) is 11.3 Å². The summed E-state index contributed by atoms with van der Waals surface area (Å²) in [5.74, 6) is 0.0424. The Morgan fingerprint density at radius 3 is 3.05 bits per heavy atom. The van der Waals surface area contributed by atoms with Crippen molar-refractivity contribution < 1.29 is 4.79 Å². The van der Waals surface area contributed by atoms with Crippen LogP contribution in [0.15, 0.2) is 35.0 Å². The van der Waals surface area contributed by atoms with Gasteiger partial charge in [0.25, 0.3) is 5.91 Å². The topological polar surface area (TPSA) is 41.1 Å². The molecule has 1 amide bonds. The first kappa shape index (κ1) is 15.9. The molecule has 0 aliphatic carbocycles. The Balaban J connectivity index is 0.00000161. The smallest absolute Gasteiger partial charge is 0.251 e. The van der Waals surface area contributed by atoms with Gasteiger partial charge in [0.1, 0.15) is 0 Å². The summed E-state index contributed by atoms with van der Waals surface area (Å²) >= 11 is 1.69. The van der Waals surface area contributed by atoms with Crippen LogP contribution in [-0.2, 0) is 12.8 Å². The Hall–Kier alpha value is -1.52. The van der Waals surface area contributed by atoms with Crippen molar-refractivity contribution in [1.82, 2.24) is 5.32 Å². The van der Waals surface area contributed by atoms with Crippen molar-refractivity contribution in [3.63, 3.8) is 0 Å². The molecule has 2 N–H and O–H groups in total. The lowest BCUT2D eigenvalue weighted by molar-refractivity contribution is 0.0953. The third-order valence-corrected chi connectivity index (χ3v) is 4.35. The van der Waals surface area contributed by atoms with Crippen LogP contribution >= 0.6 is 23.7 Å². The molecule has 0 fully saturated rings. The molecule has 0 saturated heterocycles. The molecule has 0 unspecified atom stereocenters. The van der Waals surface area contributed by atoms with Gasteiger partial charge in [0.2, 0.25) is 0 Å². The van der Waals surface area contributed by atoms with Crippen LogP contribution in [0.4, 0.5) is 5.69 Å². The summed E-state index contributed by atoms with van der Waals surface area (Å²) in [6.07, 6.45) is 2.96. The maximum atomic E-state index is 12.3. The van der Waals surface area contributed by atoms with E-state index in [1.807, 2.05) is 12.1 Å². The summed E-state index contributed by atoms with van der Waals surface area (Å²) in [5, 5.41) is 10.6. The third-order valence-electron chi connectivity index (χ3n) is 3.62. The quantitative estimate of drug-likeness (QED) is 0.904. The van der Waals surface area contributed by atoms with Gasteiger partial charge in [0, 0.05) is 24.3 Å². The molecule has 1 aliphatic rings. The van der Waals surface area contributed by atoms with Crippen LogP contribution in [0.1, 0.15) is 27.9 Å². The van der Waals surface area contributed by atoms with Crippen molar-refractivity contribution in [3.8, 4) is 0 Å². The second-order valence-corrected chi connectivity index (χ2v) is 5.78. The minimum Gasteiger partial charge on any atom is -0.385 e. The zero-order chi connectivity index (χ0) is 13.8. The number of amides is 1. The van der Waals surface area contributed by atoms with Crippen LogP contribution in [-0.4, -0.2) is 19.0 Å². The molecule has 2 aromatic rings. The molecule has 0 atom stereocenters. The van der Waals surface area contributed by atoms with Gasteiger partial charge >= 0.3 is 0 Å². The van der Waals surface area contributed by atoms with Gasteiger partial charge in [-0.15, -0.1) is 12.4 Å². The number of anilines is 1. The fourth-order valence-corrected chi connectivity index (χ4v) is 3.28. The second-order valence-electron chi connectivity index (χ2n) is 5.00. The number of carbonyl (C=O) groups excluding carboxylic acids is 1. The van der Waals surface area contributed by atoms with Crippen LogP contribution < -0.4 is 10.6 Å². The molecule has 5 heteroatoms. The lowest BCUT2D eigenvalue weighted by atomic mass is 9.97. The first-order valence-electron chi connectivity index (χ1n) is 6.99. The number of benzene rings is 1. The molecule has 0 bridgehead atoms. The van der Waals surface area contributed by atoms with E-state index < -0.39 is 0 Å². The summed E-state index contributed by atoms with van der Waals surface area (Å²) in [5.41, 5.74) is 4.38. The van der Waals surface area contributed by atoms with Crippen LogP contribution in [0.5, 0.6) is 0 Å². The Morgan fingerprint density at radius 2 is 2.24 bits per heavy atom. The predicted molar refractivity (Wildman–Crippen MR) is 90.9 cm³/mol. The van der Waals surface area contributed by atoms with E-state index in [0.29, 0.717) is 6.54 Å². The van der Waals surface area contributed by atoms with Gasteiger partial charge in [-0.3, -0.25) is 4.79 Å². The van der Waals surface area contributed by atoms with Gasteiger partial charge < -0.3 is 10.6 Å². The van der Waals surface area contributed by atoms with E-state index in [1.165, 1.54) is 5.56 Å². The fourth-order valence-electron chi connectivity index (χ4n) is 2.57. The van der Waals surface area contributed by atoms with E-state index in [2.05, 4.69) is 33.5 Å². The molecule has 3 rings (SSSR count). The highest BCUT2D eigenvalue weighted by Crippen LogP contribution is 2.25. The first-order chi connectivity index (χ1) is 9.84. The molecule has 1 aromatic heterocycles. The molecule has 0 spiro atoms. The van der Waals surface area contributed by atoms with E-state index >= 15 is 0 Å². The van der Waals surface area contributed by atoms with Crippen molar-refractivity contribution >= 4 is 35.3 Å². The number of carbonyl (C=O) groups is 1. The lowest BCUT2D eigenvalue weighted by Gasteiger charge is -2.20. The van der Waals surface area contributed by atoms with E-state index in [9.17, 15) is 4.79 Å². The number of halogens is 1. The Bertz CT molecular complexity index is 598. The summed E-state index contributed by atoms with van der Waals surface area (Å²) in [6, 6.07) is 8.03. The zero-order valence-electron chi connectivity index (χ0n) is 11.7. The van der Waals surface area contributed by atoms with Crippen molar-refractivity contribution in [2.45, 2.75) is 19.3 Å². The van der Waals surface area contributed by atoms with Crippen molar-refractivity contribution in [3.05, 3.63) is 51.7 Å². The molecule has 1 aromatic carbocycles. The highest BCUT2D eigenvalue weighted by atomic mass is 35.5. The normalized spacial score (nSPS) is 12.8. The molecule has 3 nitrogen and oxygen atoms in total. The van der Waals surface area contributed by atoms with Crippen LogP contribution in [0.3, 0.4) is 0 Å². The summed E-state index contributed by atoms with van der Waals surface area (Å²) in [4.78, 5) is 12.3. The molecule has 21 heavy (non-hydrogen) atoms. The maximum absolute atomic E-state index is 12.3. The summed E-state index contributed by atoms with van der Waals surface area (Å²) < 4.78 is 0. The lowest BCUT2D eigenvalue weighted by Crippen LogP contribution is -2.27. The van der Waals surface area contributed by atoms with Gasteiger partial charge in [-0.25, -0.2) is 0 Å². The summed E-state index contributed by atoms with van der Waals surface area (Å²) in [7, 11) is 0. The van der Waals surface area contributed by atoms with E-state index in [4.69, 9.17) is 0 Å². The number of thiophene rings is 1. The van der Waals surface area contributed by atoms with Crippen molar-refractivity contribution in [2.24, 2.45) is 0 Å². The largest absolute Gasteiger partial charge is 0.385 e. The van der Waals surface area contributed by atoms with E-state index in [-0.39, 0.29) is 18.3 Å². The fraction of sp³-hybridized carbons (Fsp3) is 0.312. The Morgan fingerprint density at radius 1 is 1.33 bits per heavy atom. The van der Waals surface area contributed by atoms with Crippen LogP contribution in [0, 0.1) is 0 Å². The first-order valence-corrected chi connectivity index (χ1v) is 7.94. The van der Waals surface area contributed by atoms with Crippen LogP contribution in [0.2, 0.25) is 0 Å². The zero-order valence-corrected chi connectivity index (χ0v) is 13.4. The third kappa shape index (κ3) is 3.77. The molecule has 112 valence electrons. The number of hydrogen-bond acceptors (Lipinski definition) is 3. The molecular formula is C16H19ClN2OS. The van der Waals surface area contributed by atoms with Gasteiger partial charge in [-0.05, 0) is 59.3 Å². The van der Waals surface area contributed by atoms with Gasteiger partial charge in [0.05, 0.1) is 0 Å². The Labute approximate surface area is 135 Å². The average Bonchev–Trinajstić information content (AvgIpc) is 3.00. The average molecular weight is 323 g/mol. The number of nitrogens with one attached hydrogen (secondary N) is 2. The van der Waals surface area contributed by atoms with Crippen LogP contribution in [0.25, 0.3) is 0 Å². The summed E-state index contributed by atoms with van der Waals surface area (Å²) in [6.45, 7) is 1.68. The number of hydrogen-bond donors (Lipinski definition) is 2. The minimum atomic E-state index is 0. The minimum absolute atomic E-state index is 0. The SMILES string of the molecule is Cl.O=C(NCCc1ccsc1)c1cccc2c1CCCN2. The van der Waals surface area contributed by atoms with Crippen molar-refractivity contribution in [2.75, 3.05) is 18.4 Å². The molecule has 1 aliphatic heterocycles. The monoisotopic (exact) mass is 322 g/mol. The van der Waals surface area contributed by atoms with E-state index in [0.717, 1.165) is 42.6 Å². The number of rotatable bonds is 4. The number of fused-ring (bicyclic) bond motifs is 1. The Kier molecular flexibility index (Phi) is 5.65. The highest BCUT2D eigenvalue weighted by Gasteiger charge is 2.16. The predicted octanol–water partition coefficient (Wildman–Crippen LogP) is 3.50. The molecule has 0 radical (unpaired) electrons. The molecule has 0 saturated carbocycles. The molecular weight excluding hydrogens is 304 g/mol. The van der Waals surface area contributed by atoms with Gasteiger partial charge in [-0.1, -0.05) is 6.07 Å². The molecule has 2 heterocycles. The second kappa shape index (κ2) is 7.48. The van der Waals surface area contributed by atoms with Gasteiger partial charge in [0.15, 0.2) is 0 Å². The standard InChI is InChI=1S/C16H18N2OS.ClH/c19-16(18-9-6-12-7-10-20-11-12)14-3-1-5-15-13(14)4-2-8-17-15;/h1,3,5,7,10-11,17H,2,4,6,8-9H2,(H,18,19);1H. The highest BCUT2D eigenvalue weighted by molar-refractivity contribution is 7.07. The van der Waals surface area contributed by atoms with Crippen molar-refractivity contribution in [1.29, 1.82) is 0 Å². The van der Waals surface area contributed by atoms with E-state index in [1.54, 1.807) is 11.3 Å². The maximum Gasteiger partial charge on any atom is 0.251 e.